The highest BCUT2D eigenvalue weighted by atomic mass is 16.5. The van der Waals surface area contributed by atoms with E-state index in [1.807, 2.05) is 0 Å². The van der Waals surface area contributed by atoms with Crippen LogP contribution in [0.1, 0.15) is 5.56 Å². The lowest BCUT2D eigenvalue weighted by atomic mass is 10.1. The molecule has 1 heterocycles. The summed E-state index contributed by atoms with van der Waals surface area (Å²) in [5.41, 5.74) is 3.20. The summed E-state index contributed by atoms with van der Waals surface area (Å²) in [6, 6.07) is 13.4. The van der Waals surface area contributed by atoms with Crippen molar-refractivity contribution in [2.45, 2.75) is 0 Å². The lowest BCUT2D eigenvalue weighted by Crippen LogP contribution is -2.35. The van der Waals surface area contributed by atoms with Gasteiger partial charge in [-0.3, -0.25) is 15.0 Å². The van der Waals surface area contributed by atoms with Gasteiger partial charge in [-0.1, -0.05) is 30.3 Å². The van der Waals surface area contributed by atoms with Gasteiger partial charge in [0.15, 0.2) is 11.5 Å². The molecule has 0 aliphatic carbocycles. The molecular weight excluding hydrogens is 352 g/mol. The van der Waals surface area contributed by atoms with Crippen molar-refractivity contribution in [3.8, 4) is 11.5 Å². The highest BCUT2D eigenvalue weighted by Crippen LogP contribution is 2.33. The second-order valence-electron chi connectivity index (χ2n) is 5.51. The Bertz CT molecular complexity index is 923. The molecular formula is C19H15N2O6-. The summed E-state index contributed by atoms with van der Waals surface area (Å²) in [6.07, 6.45) is 1.33. The Balaban J connectivity index is 1.97. The molecule has 0 unspecified atom stereocenters. The first-order valence-electron chi connectivity index (χ1n) is 7.93. The lowest BCUT2D eigenvalue weighted by Gasteiger charge is -2.14. The molecule has 1 N–H and O–H groups in total. The van der Waals surface area contributed by atoms with E-state index in [0.29, 0.717) is 11.3 Å². The van der Waals surface area contributed by atoms with Gasteiger partial charge in [-0.15, -0.1) is 0 Å². The molecule has 0 saturated carbocycles. The zero-order valence-corrected chi connectivity index (χ0v) is 14.3. The van der Waals surface area contributed by atoms with Gasteiger partial charge in [-0.2, -0.15) is 0 Å². The van der Waals surface area contributed by atoms with Crippen molar-refractivity contribution in [1.82, 2.24) is 5.43 Å². The zero-order valence-electron chi connectivity index (χ0n) is 14.3. The van der Waals surface area contributed by atoms with Crippen LogP contribution in [0.15, 0.2) is 54.1 Å². The van der Waals surface area contributed by atoms with E-state index in [2.05, 4.69) is 5.43 Å². The Morgan fingerprint density at radius 3 is 2.56 bits per heavy atom. The highest BCUT2D eigenvalue weighted by molar-refractivity contribution is 6.31. The molecule has 8 heteroatoms. The maximum Gasteiger partial charge on any atom is 0.282 e. The molecule has 0 atom stereocenters. The number of carbonyl (C=O) groups excluding carboxylic acids is 3. The Hall–Kier alpha value is -3.81. The minimum atomic E-state index is -1.41. The van der Waals surface area contributed by atoms with Gasteiger partial charge in [0.2, 0.25) is 0 Å². The predicted octanol–water partition coefficient (Wildman–Crippen LogP) is 0.285. The van der Waals surface area contributed by atoms with Crippen molar-refractivity contribution in [2.24, 2.45) is 0 Å². The van der Waals surface area contributed by atoms with E-state index in [0.717, 1.165) is 5.01 Å². The average molecular weight is 367 g/mol. The fourth-order valence-corrected chi connectivity index (χ4v) is 2.56. The van der Waals surface area contributed by atoms with Crippen molar-refractivity contribution >= 4 is 29.5 Å². The van der Waals surface area contributed by atoms with Gasteiger partial charge < -0.3 is 19.4 Å². The van der Waals surface area contributed by atoms with Crippen LogP contribution in [-0.4, -0.2) is 31.5 Å². The lowest BCUT2D eigenvalue weighted by molar-refractivity contribution is -0.307. The van der Waals surface area contributed by atoms with E-state index in [1.54, 1.807) is 48.5 Å². The number of ether oxygens (including phenoxy) is 2. The normalized spacial score (nSPS) is 15.0. The van der Waals surface area contributed by atoms with E-state index < -0.39 is 24.4 Å². The van der Waals surface area contributed by atoms with Crippen LogP contribution in [0, 0.1) is 0 Å². The number of benzene rings is 2. The Kier molecular flexibility index (Phi) is 5.07. The Labute approximate surface area is 154 Å². The van der Waals surface area contributed by atoms with Crippen LogP contribution < -0.4 is 25.0 Å². The van der Waals surface area contributed by atoms with Crippen molar-refractivity contribution in [3.63, 3.8) is 0 Å². The maximum absolute atomic E-state index is 12.7. The molecule has 2 aromatic rings. The molecule has 138 valence electrons. The highest BCUT2D eigenvalue weighted by Gasteiger charge is 2.34. The molecule has 2 aromatic carbocycles. The summed E-state index contributed by atoms with van der Waals surface area (Å²) in [5.74, 6) is -2.19. The van der Waals surface area contributed by atoms with Gasteiger partial charge in [-0.25, -0.2) is 5.01 Å². The number of methoxy groups -OCH3 is 1. The number of rotatable bonds is 6. The second kappa shape index (κ2) is 7.61. The van der Waals surface area contributed by atoms with Crippen LogP contribution in [0.25, 0.3) is 6.08 Å². The van der Waals surface area contributed by atoms with Crippen LogP contribution in [0.4, 0.5) is 5.69 Å². The molecule has 27 heavy (non-hydrogen) atoms. The van der Waals surface area contributed by atoms with E-state index >= 15 is 0 Å². The van der Waals surface area contributed by atoms with Crippen molar-refractivity contribution in [3.05, 3.63) is 59.7 Å². The van der Waals surface area contributed by atoms with Crippen LogP contribution >= 0.6 is 0 Å². The summed E-state index contributed by atoms with van der Waals surface area (Å²) < 4.78 is 10.4. The predicted molar refractivity (Wildman–Crippen MR) is 93.5 cm³/mol. The molecule has 1 aliphatic heterocycles. The first-order valence-corrected chi connectivity index (χ1v) is 7.93. The summed E-state index contributed by atoms with van der Waals surface area (Å²) in [5, 5.41) is 11.8. The molecule has 0 radical (unpaired) electrons. The van der Waals surface area contributed by atoms with Crippen LogP contribution in [0.3, 0.4) is 0 Å². The number of amides is 2. The van der Waals surface area contributed by atoms with Gasteiger partial charge in [0.05, 0.1) is 18.8 Å². The third kappa shape index (κ3) is 3.74. The minimum Gasteiger partial charge on any atom is -0.546 e. The largest absolute Gasteiger partial charge is 0.546 e. The molecule has 8 nitrogen and oxygen atoms in total. The van der Waals surface area contributed by atoms with Gasteiger partial charge in [0.25, 0.3) is 11.8 Å². The summed E-state index contributed by atoms with van der Waals surface area (Å²) in [7, 11) is 1.39. The van der Waals surface area contributed by atoms with E-state index in [1.165, 1.54) is 13.2 Å². The number of hydrazine groups is 1. The van der Waals surface area contributed by atoms with Gasteiger partial charge >= 0.3 is 0 Å². The van der Waals surface area contributed by atoms with Crippen LogP contribution in [0.2, 0.25) is 0 Å². The number of nitrogens with one attached hydrogen (secondary N) is 1. The van der Waals surface area contributed by atoms with Crippen molar-refractivity contribution < 1.29 is 29.0 Å². The molecule has 1 fully saturated rings. The quantitative estimate of drug-likeness (QED) is 0.581. The third-order valence-corrected chi connectivity index (χ3v) is 3.77. The van der Waals surface area contributed by atoms with Gasteiger partial charge in [-0.05, 0) is 24.3 Å². The van der Waals surface area contributed by atoms with Crippen LogP contribution in [0.5, 0.6) is 11.5 Å². The number of anilines is 1. The zero-order chi connectivity index (χ0) is 19.4. The molecule has 0 aromatic heterocycles. The molecule has 1 saturated heterocycles. The minimum absolute atomic E-state index is 0.0930. The SMILES string of the molecule is COc1cccc(C=C2C(=O)NN(c3ccccc3)C2=O)c1OCC(=O)[O-]. The summed E-state index contributed by atoms with van der Waals surface area (Å²) in [6.45, 7) is -0.702. The fourth-order valence-electron chi connectivity index (χ4n) is 2.56. The standard InChI is InChI=1S/C19H16N2O6/c1-26-15-9-5-6-12(17(15)27-11-16(22)23)10-14-18(24)20-21(19(14)25)13-7-3-2-4-8-13/h2-10H,11H2,1H3,(H,20,24)(H,22,23)/p-1. The number of aliphatic carboxylic acids is 1. The summed E-state index contributed by atoms with van der Waals surface area (Å²) in [4.78, 5) is 35.7. The topological polar surface area (TPSA) is 108 Å². The average Bonchev–Trinajstić information content (AvgIpc) is 2.95. The van der Waals surface area contributed by atoms with Crippen molar-refractivity contribution in [2.75, 3.05) is 18.7 Å². The number of para-hydroxylation sites is 2. The number of carbonyl (C=O) groups is 3. The molecule has 0 spiro atoms. The Morgan fingerprint density at radius 1 is 1.15 bits per heavy atom. The maximum atomic E-state index is 12.7. The number of hydrogen-bond acceptors (Lipinski definition) is 6. The monoisotopic (exact) mass is 367 g/mol. The summed E-state index contributed by atoms with van der Waals surface area (Å²) >= 11 is 0. The van der Waals surface area contributed by atoms with Crippen molar-refractivity contribution in [1.29, 1.82) is 0 Å². The fraction of sp³-hybridized carbons (Fsp3) is 0.105. The number of hydrogen-bond donors (Lipinski definition) is 1. The molecule has 2 amide bonds. The first kappa shape index (κ1) is 18.0. The first-order chi connectivity index (χ1) is 13.0. The molecule has 1 aliphatic rings. The molecule has 3 rings (SSSR count). The number of nitrogens with zero attached hydrogens (tertiary/aromatic N) is 1. The third-order valence-electron chi connectivity index (χ3n) is 3.77. The van der Waals surface area contributed by atoms with E-state index in [4.69, 9.17) is 9.47 Å². The van der Waals surface area contributed by atoms with Gasteiger partial charge in [0, 0.05) is 5.56 Å². The number of carboxylic acid groups (broad SMARTS) is 1. The van der Waals surface area contributed by atoms with E-state index in [-0.39, 0.29) is 17.1 Å². The smallest absolute Gasteiger partial charge is 0.282 e. The second-order valence-corrected chi connectivity index (χ2v) is 5.51. The van der Waals surface area contributed by atoms with E-state index in [9.17, 15) is 19.5 Å². The number of carboxylic acids is 1. The van der Waals surface area contributed by atoms with Crippen LogP contribution in [-0.2, 0) is 14.4 Å². The Morgan fingerprint density at radius 2 is 1.89 bits per heavy atom. The van der Waals surface area contributed by atoms with Gasteiger partial charge in [0.1, 0.15) is 12.2 Å². The molecule has 0 bridgehead atoms.